The average Bonchev–Trinajstić information content (AvgIpc) is 2.67. The fourth-order valence-electron chi connectivity index (χ4n) is 1.16. The summed E-state index contributed by atoms with van der Waals surface area (Å²) in [5.74, 6) is -1.00. The third-order valence-electron chi connectivity index (χ3n) is 1.77. The molecule has 2 aromatic heterocycles. The molecule has 0 aliphatic rings. The van der Waals surface area contributed by atoms with E-state index in [1.807, 2.05) is 0 Å². The summed E-state index contributed by atoms with van der Waals surface area (Å²) in [6.45, 7) is 0. The van der Waals surface area contributed by atoms with Gasteiger partial charge in [-0.3, -0.25) is 4.98 Å². The number of hydrogen-bond donors (Lipinski definition) is 1. The van der Waals surface area contributed by atoms with Crippen LogP contribution in [0.25, 0.3) is 5.69 Å². The van der Waals surface area contributed by atoms with Gasteiger partial charge in [-0.1, -0.05) is 0 Å². The lowest BCUT2D eigenvalue weighted by atomic mass is 10.4. The van der Waals surface area contributed by atoms with Crippen molar-refractivity contribution in [1.29, 1.82) is 0 Å². The highest BCUT2D eigenvalue weighted by Crippen LogP contribution is 2.08. The standard InChI is InChI=1S/C9H7N3O2/c13-9(14)8-3-6-11-12(8)7-1-4-10-5-2-7/h1-6H,(H,13,14). The second-order valence-electron chi connectivity index (χ2n) is 2.64. The third kappa shape index (κ3) is 1.35. The molecule has 0 aliphatic heterocycles. The van der Waals surface area contributed by atoms with Gasteiger partial charge in [-0.2, -0.15) is 5.10 Å². The largest absolute Gasteiger partial charge is 0.477 e. The van der Waals surface area contributed by atoms with E-state index in [0.717, 1.165) is 0 Å². The molecule has 1 N–H and O–H groups in total. The van der Waals surface area contributed by atoms with Gasteiger partial charge in [0, 0.05) is 12.4 Å². The van der Waals surface area contributed by atoms with Crippen LogP contribution >= 0.6 is 0 Å². The monoisotopic (exact) mass is 189 g/mol. The maximum atomic E-state index is 10.8. The van der Waals surface area contributed by atoms with E-state index >= 15 is 0 Å². The highest BCUT2D eigenvalue weighted by Gasteiger charge is 2.10. The number of nitrogens with zero attached hydrogens (tertiary/aromatic N) is 3. The Morgan fingerprint density at radius 1 is 1.21 bits per heavy atom. The molecule has 5 nitrogen and oxygen atoms in total. The number of pyridine rings is 1. The Bertz CT molecular complexity index is 450. The molecule has 0 aromatic carbocycles. The van der Waals surface area contributed by atoms with Gasteiger partial charge in [-0.05, 0) is 18.2 Å². The molecule has 0 bridgehead atoms. The van der Waals surface area contributed by atoms with Gasteiger partial charge in [0.25, 0.3) is 0 Å². The number of rotatable bonds is 2. The number of carboxylic acids is 1. The fraction of sp³-hybridized carbons (Fsp3) is 0. The van der Waals surface area contributed by atoms with Crippen LogP contribution in [0.15, 0.2) is 36.8 Å². The molecule has 0 fully saturated rings. The van der Waals surface area contributed by atoms with Gasteiger partial charge in [0.2, 0.25) is 0 Å². The lowest BCUT2D eigenvalue weighted by molar-refractivity contribution is 0.0687. The Kier molecular flexibility index (Phi) is 1.98. The van der Waals surface area contributed by atoms with Gasteiger partial charge in [-0.15, -0.1) is 0 Å². The quantitative estimate of drug-likeness (QED) is 0.764. The van der Waals surface area contributed by atoms with Crippen molar-refractivity contribution in [1.82, 2.24) is 14.8 Å². The zero-order chi connectivity index (χ0) is 9.97. The first-order chi connectivity index (χ1) is 6.79. The third-order valence-corrected chi connectivity index (χ3v) is 1.77. The summed E-state index contributed by atoms with van der Waals surface area (Å²) in [6, 6.07) is 4.83. The predicted octanol–water partition coefficient (Wildman–Crippen LogP) is 0.965. The second kappa shape index (κ2) is 3.29. The number of aromatic nitrogens is 3. The molecule has 0 unspecified atom stereocenters. The zero-order valence-corrected chi connectivity index (χ0v) is 7.16. The van der Waals surface area contributed by atoms with E-state index in [1.54, 1.807) is 24.5 Å². The predicted molar refractivity (Wildman–Crippen MR) is 48.3 cm³/mol. The van der Waals surface area contributed by atoms with Crippen molar-refractivity contribution in [2.24, 2.45) is 0 Å². The lowest BCUT2D eigenvalue weighted by Gasteiger charge is -2.02. The molecule has 2 rings (SSSR count). The molecule has 0 aliphatic carbocycles. The van der Waals surface area contributed by atoms with Crippen molar-refractivity contribution < 1.29 is 9.90 Å². The van der Waals surface area contributed by atoms with Crippen molar-refractivity contribution in [2.75, 3.05) is 0 Å². The average molecular weight is 189 g/mol. The Morgan fingerprint density at radius 2 is 1.93 bits per heavy atom. The first-order valence-corrected chi connectivity index (χ1v) is 3.97. The molecule has 0 radical (unpaired) electrons. The zero-order valence-electron chi connectivity index (χ0n) is 7.16. The molecular weight excluding hydrogens is 182 g/mol. The summed E-state index contributed by atoms with van der Waals surface area (Å²) < 4.78 is 1.35. The van der Waals surface area contributed by atoms with Crippen LogP contribution in [0.3, 0.4) is 0 Å². The molecule has 0 amide bonds. The van der Waals surface area contributed by atoms with Gasteiger partial charge in [0.1, 0.15) is 0 Å². The van der Waals surface area contributed by atoms with Gasteiger partial charge in [0.15, 0.2) is 5.69 Å². The van der Waals surface area contributed by atoms with Crippen molar-refractivity contribution in [3.63, 3.8) is 0 Å². The second-order valence-corrected chi connectivity index (χ2v) is 2.64. The number of carboxylic acid groups (broad SMARTS) is 1. The van der Waals surface area contributed by atoms with Gasteiger partial charge < -0.3 is 5.11 Å². The van der Waals surface area contributed by atoms with E-state index in [1.165, 1.54) is 16.9 Å². The van der Waals surface area contributed by atoms with Crippen molar-refractivity contribution >= 4 is 5.97 Å². The van der Waals surface area contributed by atoms with Gasteiger partial charge >= 0.3 is 5.97 Å². The SMILES string of the molecule is O=C(O)c1ccnn1-c1ccncc1. The van der Waals surface area contributed by atoms with E-state index in [2.05, 4.69) is 10.1 Å². The van der Waals surface area contributed by atoms with Crippen LogP contribution in [0.4, 0.5) is 0 Å². The minimum atomic E-state index is -1.00. The van der Waals surface area contributed by atoms with Gasteiger partial charge in [0.05, 0.1) is 11.9 Å². The van der Waals surface area contributed by atoms with E-state index in [4.69, 9.17) is 5.11 Å². The lowest BCUT2D eigenvalue weighted by Crippen LogP contribution is -2.07. The molecule has 14 heavy (non-hydrogen) atoms. The summed E-state index contributed by atoms with van der Waals surface area (Å²) in [5, 5.41) is 12.8. The highest BCUT2D eigenvalue weighted by molar-refractivity contribution is 5.86. The van der Waals surface area contributed by atoms with Crippen molar-refractivity contribution in [2.45, 2.75) is 0 Å². The Balaban J connectivity index is 2.52. The van der Waals surface area contributed by atoms with Crippen LogP contribution < -0.4 is 0 Å². The first-order valence-electron chi connectivity index (χ1n) is 3.97. The molecule has 2 aromatic rings. The summed E-state index contributed by atoms with van der Waals surface area (Å²) in [4.78, 5) is 14.6. The maximum absolute atomic E-state index is 10.8. The Labute approximate surface area is 79.6 Å². The number of hydrogen-bond acceptors (Lipinski definition) is 3. The van der Waals surface area contributed by atoms with E-state index in [-0.39, 0.29) is 5.69 Å². The van der Waals surface area contributed by atoms with Crippen molar-refractivity contribution in [3.8, 4) is 5.69 Å². The summed E-state index contributed by atoms with van der Waals surface area (Å²) in [7, 11) is 0. The molecule has 5 heteroatoms. The topological polar surface area (TPSA) is 68.0 Å². The molecule has 0 saturated carbocycles. The molecule has 0 atom stereocenters. The number of carbonyl (C=O) groups is 1. The summed E-state index contributed by atoms with van der Waals surface area (Å²) in [5.41, 5.74) is 0.818. The maximum Gasteiger partial charge on any atom is 0.354 e. The normalized spacial score (nSPS) is 10.0. The summed E-state index contributed by atoms with van der Waals surface area (Å²) >= 11 is 0. The highest BCUT2D eigenvalue weighted by atomic mass is 16.4. The van der Waals surface area contributed by atoms with Crippen molar-refractivity contribution in [3.05, 3.63) is 42.5 Å². The molecule has 0 spiro atoms. The van der Waals surface area contributed by atoms with Crippen LogP contribution in [-0.4, -0.2) is 25.8 Å². The Hall–Kier alpha value is -2.17. The Morgan fingerprint density at radius 3 is 2.57 bits per heavy atom. The van der Waals surface area contributed by atoms with Crippen LogP contribution in [0.2, 0.25) is 0 Å². The summed E-state index contributed by atoms with van der Waals surface area (Å²) in [6.07, 6.45) is 4.62. The first kappa shape index (κ1) is 8.43. The molecule has 0 saturated heterocycles. The van der Waals surface area contributed by atoms with Crippen LogP contribution in [0.5, 0.6) is 0 Å². The van der Waals surface area contributed by atoms with E-state index < -0.39 is 5.97 Å². The van der Waals surface area contributed by atoms with E-state index in [9.17, 15) is 4.79 Å². The minimum absolute atomic E-state index is 0.135. The van der Waals surface area contributed by atoms with Crippen LogP contribution in [-0.2, 0) is 0 Å². The fourth-order valence-corrected chi connectivity index (χ4v) is 1.16. The number of aromatic carboxylic acids is 1. The van der Waals surface area contributed by atoms with Gasteiger partial charge in [-0.25, -0.2) is 9.48 Å². The molecular formula is C9H7N3O2. The van der Waals surface area contributed by atoms with E-state index in [0.29, 0.717) is 5.69 Å². The minimum Gasteiger partial charge on any atom is -0.477 e. The smallest absolute Gasteiger partial charge is 0.354 e. The van der Waals surface area contributed by atoms with Crippen LogP contribution in [0, 0.1) is 0 Å². The molecule has 70 valence electrons. The molecule has 2 heterocycles. The van der Waals surface area contributed by atoms with Crippen LogP contribution in [0.1, 0.15) is 10.5 Å².